The molecule has 0 unspecified atom stereocenters. The minimum Gasteiger partial charge on any atom is -0.496 e. The molecule has 0 fully saturated rings. The molecule has 2 rings (SSSR count). The first-order valence-corrected chi connectivity index (χ1v) is 6.01. The second-order valence-electron chi connectivity index (χ2n) is 4.67. The van der Waals surface area contributed by atoms with Crippen LogP contribution in [0.1, 0.15) is 36.8 Å². The van der Waals surface area contributed by atoms with Crippen LogP contribution in [0, 0.1) is 13.8 Å². The van der Waals surface area contributed by atoms with Gasteiger partial charge in [-0.15, -0.1) is 0 Å². The van der Waals surface area contributed by atoms with Crippen molar-refractivity contribution < 1.29 is 9.26 Å². The highest BCUT2D eigenvalue weighted by Gasteiger charge is 2.16. The maximum absolute atomic E-state index is 5.43. The monoisotopic (exact) mass is 246 g/mol. The van der Waals surface area contributed by atoms with Crippen LogP contribution in [-0.4, -0.2) is 17.3 Å². The fourth-order valence-corrected chi connectivity index (χ4v) is 2.04. The number of rotatable bonds is 3. The molecule has 0 amide bonds. The third-order valence-electron chi connectivity index (χ3n) is 3.03. The van der Waals surface area contributed by atoms with E-state index in [1.54, 1.807) is 7.11 Å². The number of nitrogens with zero attached hydrogens (tertiary/aromatic N) is 2. The zero-order chi connectivity index (χ0) is 13.3. The Kier molecular flexibility index (Phi) is 3.36. The third kappa shape index (κ3) is 2.10. The zero-order valence-corrected chi connectivity index (χ0v) is 11.4. The van der Waals surface area contributed by atoms with Gasteiger partial charge in [-0.05, 0) is 19.8 Å². The average molecular weight is 246 g/mol. The molecule has 2 aromatic rings. The van der Waals surface area contributed by atoms with Crippen molar-refractivity contribution in [3.8, 4) is 17.0 Å². The Bertz CT molecular complexity index is 539. The quantitative estimate of drug-likeness (QED) is 0.831. The topological polar surface area (TPSA) is 48.2 Å². The van der Waals surface area contributed by atoms with Crippen LogP contribution in [0.2, 0.25) is 0 Å². The van der Waals surface area contributed by atoms with Crippen molar-refractivity contribution in [2.45, 2.75) is 33.6 Å². The van der Waals surface area contributed by atoms with Crippen molar-refractivity contribution in [2.75, 3.05) is 7.11 Å². The summed E-state index contributed by atoms with van der Waals surface area (Å²) in [5.74, 6) is 2.01. The lowest BCUT2D eigenvalue weighted by Crippen LogP contribution is -1.97. The standard InChI is InChI=1S/C14H18N2O2/c1-8(2)11-7-15-12(6-13(11)17-5)14-9(3)16-18-10(14)4/h6-8H,1-5H3. The summed E-state index contributed by atoms with van der Waals surface area (Å²) in [6.45, 7) is 8.04. The Morgan fingerprint density at radius 1 is 1.28 bits per heavy atom. The molecule has 0 atom stereocenters. The Labute approximate surface area is 107 Å². The summed E-state index contributed by atoms with van der Waals surface area (Å²) < 4.78 is 10.6. The molecule has 0 saturated carbocycles. The van der Waals surface area contributed by atoms with Crippen LogP contribution in [-0.2, 0) is 0 Å². The normalized spacial score (nSPS) is 11.0. The van der Waals surface area contributed by atoms with Gasteiger partial charge >= 0.3 is 0 Å². The molecule has 0 saturated heterocycles. The van der Waals surface area contributed by atoms with Crippen molar-refractivity contribution in [1.82, 2.24) is 10.1 Å². The molecule has 0 aromatic carbocycles. The van der Waals surface area contributed by atoms with Gasteiger partial charge < -0.3 is 9.26 Å². The van der Waals surface area contributed by atoms with Crippen LogP contribution >= 0.6 is 0 Å². The molecule has 4 heteroatoms. The lowest BCUT2D eigenvalue weighted by Gasteiger charge is -2.12. The van der Waals surface area contributed by atoms with E-state index < -0.39 is 0 Å². The van der Waals surface area contributed by atoms with E-state index in [1.165, 1.54) is 0 Å². The van der Waals surface area contributed by atoms with Crippen molar-refractivity contribution in [2.24, 2.45) is 0 Å². The summed E-state index contributed by atoms with van der Waals surface area (Å²) in [7, 11) is 1.68. The van der Waals surface area contributed by atoms with Gasteiger partial charge in [-0.1, -0.05) is 19.0 Å². The van der Waals surface area contributed by atoms with E-state index in [4.69, 9.17) is 9.26 Å². The summed E-state index contributed by atoms with van der Waals surface area (Å²) in [4.78, 5) is 4.49. The Morgan fingerprint density at radius 3 is 2.50 bits per heavy atom. The van der Waals surface area contributed by atoms with Crippen LogP contribution < -0.4 is 4.74 Å². The number of aromatic nitrogens is 2. The lowest BCUT2D eigenvalue weighted by atomic mass is 10.0. The van der Waals surface area contributed by atoms with Crippen molar-refractivity contribution >= 4 is 0 Å². The summed E-state index contributed by atoms with van der Waals surface area (Å²) in [5, 5.41) is 3.95. The van der Waals surface area contributed by atoms with Gasteiger partial charge in [-0.2, -0.15) is 0 Å². The van der Waals surface area contributed by atoms with Crippen molar-refractivity contribution in [3.63, 3.8) is 0 Å². The van der Waals surface area contributed by atoms with Crippen LogP contribution in [0.3, 0.4) is 0 Å². The predicted octanol–water partition coefficient (Wildman–Crippen LogP) is 3.49. The second kappa shape index (κ2) is 4.80. The predicted molar refractivity (Wildman–Crippen MR) is 69.8 cm³/mol. The molecule has 0 spiro atoms. The number of ether oxygens (including phenoxy) is 1. The summed E-state index contributed by atoms with van der Waals surface area (Å²) >= 11 is 0. The van der Waals surface area contributed by atoms with Crippen LogP contribution in [0.5, 0.6) is 5.75 Å². The number of methoxy groups -OCH3 is 1. The van der Waals surface area contributed by atoms with Gasteiger partial charge in [0.2, 0.25) is 0 Å². The van der Waals surface area contributed by atoms with E-state index in [0.717, 1.165) is 34.0 Å². The van der Waals surface area contributed by atoms with Gasteiger partial charge in [0, 0.05) is 17.8 Å². The van der Waals surface area contributed by atoms with E-state index in [0.29, 0.717) is 5.92 Å². The first kappa shape index (κ1) is 12.6. The van der Waals surface area contributed by atoms with E-state index >= 15 is 0 Å². The Balaban J connectivity index is 2.54. The second-order valence-corrected chi connectivity index (χ2v) is 4.67. The highest BCUT2D eigenvalue weighted by Crippen LogP contribution is 2.32. The minimum atomic E-state index is 0.381. The van der Waals surface area contributed by atoms with Crippen molar-refractivity contribution in [3.05, 3.63) is 29.3 Å². The number of pyridine rings is 1. The Hall–Kier alpha value is -1.84. The molecule has 18 heavy (non-hydrogen) atoms. The highest BCUT2D eigenvalue weighted by molar-refractivity contribution is 5.65. The number of hydrogen-bond donors (Lipinski definition) is 0. The van der Waals surface area contributed by atoms with E-state index in [-0.39, 0.29) is 0 Å². The molecular formula is C14H18N2O2. The van der Waals surface area contributed by atoms with Gasteiger partial charge in [0.15, 0.2) is 0 Å². The van der Waals surface area contributed by atoms with Gasteiger partial charge in [-0.3, -0.25) is 4.98 Å². The molecule has 2 aromatic heterocycles. The maximum atomic E-state index is 5.43. The summed E-state index contributed by atoms with van der Waals surface area (Å²) in [5.41, 5.74) is 3.74. The third-order valence-corrected chi connectivity index (χ3v) is 3.03. The summed E-state index contributed by atoms with van der Waals surface area (Å²) in [6, 6.07) is 1.95. The molecule has 0 N–H and O–H groups in total. The maximum Gasteiger partial charge on any atom is 0.143 e. The molecule has 0 aliphatic heterocycles. The Morgan fingerprint density at radius 2 is 2.00 bits per heavy atom. The SMILES string of the molecule is COc1cc(-c2c(C)noc2C)ncc1C(C)C. The number of hydrogen-bond acceptors (Lipinski definition) is 4. The van der Waals surface area contributed by atoms with Gasteiger partial charge in [0.1, 0.15) is 11.5 Å². The first-order chi connectivity index (χ1) is 8.54. The molecule has 4 nitrogen and oxygen atoms in total. The smallest absolute Gasteiger partial charge is 0.143 e. The van der Waals surface area contributed by atoms with Gasteiger partial charge in [0.05, 0.1) is 24.1 Å². The van der Waals surface area contributed by atoms with Crippen molar-refractivity contribution in [1.29, 1.82) is 0 Å². The highest BCUT2D eigenvalue weighted by atomic mass is 16.5. The number of aryl methyl sites for hydroxylation is 2. The molecule has 96 valence electrons. The first-order valence-electron chi connectivity index (χ1n) is 6.01. The largest absolute Gasteiger partial charge is 0.496 e. The van der Waals surface area contributed by atoms with Crippen LogP contribution in [0.25, 0.3) is 11.3 Å². The molecule has 0 bridgehead atoms. The molecule has 0 aliphatic rings. The fraction of sp³-hybridized carbons (Fsp3) is 0.429. The molecule has 0 aliphatic carbocycles. The van der Waals surface area contributed by atoms with E-state index in [1.807, 2.05) is 26.1 Å². The van der Waals surface area contributed by atoms with Gasteiger partial charge in [0.25, 0.3) is 0 Å². The summed E-state index contributed by atoms with van der Waals surface area (Å²) in [6.07, 6.45) is 1.87. The van der Waals surface area contributed by atoms with Gasteiger partial charge in [-0.25, -0.2) is 0 Å². The minimum absolute atomic E-state index is 0.381. The van der Waals surface area contributed by atoms with Crippen LogP contribution in [0.4, 0.5) is 0 Å². The fourth-order valence-electron chi connectivity index (χ4n) is 2.04. The lowest BCUT2D eigenvalue weighted by molar-refractivity contribution is 0.393. The zero-order valence-electron chi connectivity index (χ0n) is 11.4. The molecule has 0 radical (unpaired) electrons. The van der Waals surface area contributed by atoms with Crippen LogP contribution in [0.15, 0.2) is 16.8 Å². The van der Waals surface area contributed by atoms with E-state index in [2.05, 4.69) is 24.0 Å². The molecule has 2 heterocycles. The van der Waals surface area contributed by atoms with E-state index in [9.17, 15) is 0 Å². The average Bonchev–Trinajstić information content (AvgIpc) is 2.68. The molecular weight excluding hydrogens is 228 g/mol.